The third kappa shape index (κ3) is 5.11. The van der Waals surface area contributed by atoms with Crippen molar-refractivity contribution in [2.45, 2.75) is 0 Å². The van der Waals surface area contributed by atoms with Crippen molar-refractivity contribution in [3.8, 4) is 39.1 Å². The molecule has 4 nitrogen and oxygen atoms in total. The molecule has 3 N–H and O–H groups in total. The van der Waals surface area contributed by atoms with Crippen molar-refractivity contribution in [3.63, 3.8) is 0 Å². The highest BCUT2D eigenvalue weighted by molar-refractivity contribution is 6.11. The zero-order valence-electron chi connectivity index (χ0n) is 27.1. The van der Waals surface area contributed by atoms with Crippen LogP contribution < -0.4 is 10.6 Å². The number of furan rings is 1. The Morgan fingerprint density at radius 1 is 0.440 bits per heavy atom. The maximum atomic E-state index is 10.2. The number of aromatic hydroxyl groups is 1. The predicted molar refractivity (Wildman–Crippen MR) is 208 cm³/mol. The lowest BCUT2D eigenvalue weighted by atomic mass is 9.92. The number of nitrogens with zero attached hydrogens (tertiary/aromatic N) is 1. The lowest BCUT2D eigenvalue weighted by Gasteiger charge is -2.27. The van der Waals surface area contributed by atoms with Crippen molar-refractivity contribution >= 4 is 55.5 Å². The zero-order valence-corrected chi connectivity index (χ0v) is 27.1. The van der Waals surface area contributed by atoms with E-state index < -0.39 is 0 Å². The Morgan fingerprint density at radius 2 is 1.10 bits per heavy atom. The number of para-hydroxylation sites is 2. The largest absolute Gasteiger partial charge is 0.506 e. The number of hydrogen-bond donors (Lipinski definition) is 2. The summed E-state index contributed by atoms with van der Waals surface area (Å²) in [7, 11) is 0. The summed E-state index contributed by atoms with van der Waals surface area (Å²) in [4.78, 5) is 2.30. The SMILES string of the molecule is Nc1cc2c(cc1O)oc1c(-c3ccc(N(c4ccccc4)c4ccc(-c5ccccc5)c(-c5ccc6ccccc6c5)c4)cc3)cccc12. The molecule has 0 radical (unpaired) electrons. The summed E-state index contributed by atoms with van der Waals surface area (Å²) < 4.78 is 6.29. The molecular formula is C46H32N2O2. The van der Waals surface area contributed by atoms with Gasteiger partial charge in [0.05, 0.1) is 5.69 Å². The van der Waals surface area contributed by atoms with Gasteiger partial charge in [-0.25, -0.2) is 0 Å². The number of nitrogen functional groups attached to an aromatic ring is 1. The summed E-state index contributed by atoms with van der Waals surface area (Å²) in [6.45, 7) is 0. The van der Waals surface area contributed by atoms with E-state index in [0.717, 1.165) is 44.5 Å². The van der Waals surface area contributed by atoms with E-state index in [9.17, 15) is 5.11 Å². The number of phenolic OH excluding ortho intramolecular Hbond substituents is 1. The molecule has 0 atom stereocenters. The highest BCUT2D eigenvalue weighted by atomic mass is 16.3. The number of rotatable bonds is 6. The van der Waals surface area contributed by atoms with Gasteiger partial charge >= 0.3 is 0 Å². The maximum Gasteiger partial charge on any atom is 0.143 e. The summed E-state index contributed by atoms with van der Waals surface area (Å²) in [5.74, 6) is 0.0176. The van der Waals surface area contributed by atoms with Crippen LogP contribution in [0.2, 0.25) is 0 Å². The average Bonchev–Trinajstić information content (AvgIpc) is 3.53. The molecule has 9 aromatic rings. The maximum absolute atomic E-state index is 10.2. The number of nitrogens with two attached hydrogens (primary N) is 1. The smallest absolute Gasteiger partial charge is 0.143 e. The topological polar surface area (TPSA) is 62.6 Å². The van der Waals surface area contributed by atoms with Crippen LogP contribution in [-0.2, 0) is 0 Å². The molecule has 1 heterocycles. The fourth-order valence-electron chi connectivity index (χ4n) is 7.03. The fourth-order valence-corrected chi connectivity index (χ4v) is 7.03. The van der Waals surface area contributed by atoms with E-state index in [1.165, 1.54) is 33.0 Å². The standard InChI is InChI=1S/C46H32N2O2/c47-43-28-42-40-17-9-16-39(46(40)50-45(42)29-44(43)49)32-20-22-36(23-21-32)48(35-14-5-2-6-15-35)37-24-25-38(31-11-3-1-4-12-31)41(27-37)34-19-18-30-10-7-8-13-33(30)26-34/h1-29,49H,47H2. The number of phenols is 1. The van der Waals surface area contributed by atoms with Crippen LogP contribution >= 0.6 is 0 Å². The lowest BCUT2D eigenvalue weighted by molar-refractivity contribution is 0.477. The monoisotopic (exact) mass is 644 g/mol. The second kappa shape index (κ2) is 12.0. The van der Waals surface area contributed by atoms with E-state index in [1.807, 2.05) is 18.2 Å². The Balaban J connectivity index is 1.18. The molecule has 9 rings (SSSR count). The minimum atomic E-state index is 0.0176. The zero-order chi connectivity index (χ0) is 33.6. The molecule has 0 aliphatic carbocycles. The van der Waals surface area contributed by atoms with Crippen LogP contribution in [0.15, 0.2) is 180 Å². The molecular weight excluding hydrogens is 613 g/mol. The van der Waals surface area contributed by atoms with Crippen LogP contribution in [0.4, 0.5) is 22.7 Å². The second-order valence-corrected chi connectivity index (χ2v) is 12.6. The molecule has 0 bridgehead atoms. The van der Waals surface area contributed by atoms with Gasteiger partial charge in [0.15, 0.2) is 0 Å². The summed E-state index contributed by atoms with van der Waals surface area (Å²) in [5, 5.41) is 14.5. The van der Waals surface area contributed by atoms with Gasteiger partial charge in [-0.15, -0.1) is 0 Å². The Labute approximate surface area is 289 Å². The highest BCUT2D eigenvalue weighted by Crippen LogP contribution is 2.43. The molecule has 238 valence electrons. The van der Waals surface area contributed by atoms with Gasteiger partial charge in [-0.3, -0.25) is 0 Å². The number of fused-ring (bicyclic) bond motifs is 4. The molecule has 0 fully saturated rings. The average molecular weight is 645 g/mol. The molecule has 8 aromatic carbocycles. The van der Waals surface area contributed by atoms with Crippen molar-refractivity contribution < 1.29 is 9.52 Å². The highest BCUT2D eigenvalue weighted by Gasteiger charge is 2.18. The van der Waals surface area contributed by atoms with E-state index in [0.29, 0.717) is 11.3 Å². The van der Waals surface area contributed by atoms with Gasteiger partial charge in [0, 0.05) is 39.5 Å². The summed E-state index contributed by atoms with van der Waals surface area (Å²) in [6, 6.07) is 61.2. The first-order valence-corrected chi connectivity index (χ1v) is 16.7. The first-order chi connectivity index (χ1) is 24.6. The van der Waals surface area contributed by atoms with E-state index >= 15 is 0 Å². The first-order valence-electron chi connectivity index (χ1n) is 16.7. The third-order valence-corrected chi connectivity index (χ3v) is 9.50. The second-order valence-electron chi connectivity index (χ2n) is 12.6. The van der Waals surface area contributed by atoms with Gasteiger partial charge in [0.25, 0.3) is 0 Å². The Bertz CT molecular complexity index is 2660. The van der Waals surface area contributed by atoms with Gasteiger partial charge in [0.1, 0.15) is 16.9 Å². The molecule has 0 spiro atoms. The summed E-state index contributed by atoms with van der Waals surface area (Å²) in [5.41, 5.74) is 17.6. The van der Waals surface area contributed by atoms with E-state index in [2.05, 4.69) is 150 Å². The number of hydrogen-bond acceptors (Lipinski definition) is 4. The Kier molecular flexibility index (Phi) is 7.07. The van der Waals surface area contributed by atoms with Crippen LogP contribution in [0.3, 0.4) is 0 Å². The Hall–Kier alpha value is -6.78. The van der Waals surface area contributed by atoms with Crippen LogP contribution in [0.25, 0.3) is 66.1 Å². The summed E-state index contributed by atoms with van der Waals surface area (Å²) >= 11 is 0. The normalized spacial score (nSPS) is 11.4. The van der Waals surface area contributed by atoms with Gasteiger partial charge in [-0.1, -0.05) is 121 Å². The number of benzene rings is 8. The van der Waals surface area contributed by atoms with Gasteiger partial charge in [-0.2, -0.15) is 0 Å². The van der Waals surface area contributed by atoms with E-state index in [-0.39, 0.29) is 5.75 Å². The van der Waals surface area contributed by atoms with Crippen molar-refractivity contribution in [1.82, 2.24) is 0 Å². The van der Waals surface area contributed by atoms with Gasteiger partial charge in [0.2, 0.25) is 0 Å². The van der Waals surface area contributed by atoms with Gasteiger partial charge in [-0.05, 0) is 87.1 Å². The molecule has 50 heavy (non-hydrogen) atoms. The van der Waals surface area contributed by atoms with Crippen molar-refractivity contribution in [1.29, 1.82) is 0 Å². The van der Waals surface area contributed by atoms with E-state index in [4.69, 9.17) is 10.2 Å². The molecule has 0 aliphatic rings. The van der Waals surface area contributed by atoms with E-state index in [1.54, 1.807) is 12.1 Å². The minimum absolute atomic E-state index is 0.0176. The Morgan fingerprint density at radius 3 is 1.90 bits per heavy atom. The quantitative estimate of drug-likeness (QED) is 0.140. The van der Waals surface area contributed by atoms with Crippen molar-refractivity contribution in [3.05, 3.63) is 176 Å². The fraction of sp³-hybridized carbons (Fsp3) is 0. The first kappa shape index (κ1) is 29.4. The van der Waals surface area contributed by atoms with Crippen LogP contribution in [0, 0.1) is 0 Å². The molecule has 0 saturated carbocycles. The molecule has 4 heteroatoms. The summed E-state index contributed by atoms with van der Waals surface area (Å²) in [6.07, 6.45) is 0. The molecule has 0 saturated heterocycles. The molecule has 0 aliphatic heterocycles. The molecule has 0 unspecified atom stereocenters. The molecule has 0 amide bonds. The van der Waals surface area contributed by atoms with Crippen molar-refractivity contribution in [2.75, 3.05) is 10.6 Å². The predicted octanol–water partition coefficient (Wildman–Crippen LogP) is 12.5. The number of anilines is 4. The molecule has 1 aromatic heterocycles. The third-order valence-electron chi connectivity index (χ3n) is 9.50. The van der Waals surface area contributed by atoms with Crippen LogP contribution in [0.1, 0.15) is 0 Å². The van der Waals surface area contributed by atoms with Crippen molar-refractivity contribution in [2.24, 2.45) is 0 Å². The van der Waals surface area contributed by atoms with Crippen LogP contribution in [-0.4, -0.2) is 5.11 Å². The van der Waals surface area contributed by atoms with Gasteiger partial charge < -0.3 is 20.2 Å². The lowest BCUT2D eigenvalue weighted by Crippen LogP contribution is -2.10. The van der Waals surface area contributed by atoms with Crippen LogP contribution in [0.5, 0.6) is 5.75 Å². The minimum Gasteiger partial charge on any atom is -0.506 e.